The number of nitrogens with one attached hydrogen (secondary N) is 1. The van der Waals surface area contributed by atoms with E-state index in [1.807, 2.05) is 31.2 Å². The first-order valence-corrected chi connectivity index (χ1v) is 6.53. The second-order valence-corrected chi connectivity index (χ2v) is 5.07. The Labute approximate surface area is 110 Å². The van der Waals surface area contributed by atoms with Gasteiger partial charge in [0, 0.05) is 19.7 Å². The van der Waals surface area contributed by atoms with Crippen molar-refractivity contribution in [3.05, 3.63) is 35.4 Å². The summed E-state index contributed by atoms with van der Waals surface area (Å²) in [6, 6.07) is 8.10. The zero-order valence-electron chi connectivity index (χ0n) is 11.8. The molecule has 0 aliphatic carbocycles. The molecule has 2 atom stereocenters. The van der Waals surface area contributed by atoms with Crippen molar-refractivity contribution in [2.45, 2.75) is 32.9 Å². The van der Waals surface area contributed by atoms with Gasteiger partial charge in [-0.25, -0.2) is 0 Å². The molecule has 0 aliphatic heterocycles. The zero-order chi connectivity index (χ0) is 13.5. The topological polar surface area (TPSA) is 41.5 Å². The largest absolute Gasteiger partial charge is 0.387 e. The molecule has 0 heterocycles. The number of rotatable bonds is 7. The zero-order valence-corrected chi connectivity index (χ0v) is 11.8. The van der Waals surface area contributed by atoms with Crippen LogP contribution >= 0.6 is 0 Å². The minimum Gasteiger partial charge on any atom is -0.387 e. The minimum atomic E-state index is -0.484. The van der Waals surface area contributed by atoms with E-state index >= 15 is 0 Å². The Bertz CT molecular complexity index is 335. The molecule has 1 rings (SSSR count). The average molecular weight is 251 g/mol. The summed E-state index contributed by atoms with van der Waals surface area (Å²) in [5, 5.41) is 13.8. The van der Waals surface area contributed by atoms with Gasteiger partial charge in [0.15, 0.2) is 0 Å². The van der Waals surface area contributed by atoms with Gasteiger partial charge in [-0.1, -0.05) is 43.7 Å². The molecule has 1 aromatic carbocycles. The third-order valence-corrected chi connectivity index (χ3v) is 3.16. The SMILES string of the molecule is COCCNC(C(C)C)C(O)c1ccc(C)cc1. The smallest absolute Gasteiger partial charge is 0.0945 e. The van der Waals surface area contributed by atoms with Crippen molar-refractivity contribution in [3.63, 3.8) is 0 Å². The summed E-state index contributed by atoms with van der Waals surface area (Å²) in [7, 11) is 1.68. The summed E-state index contributed by atoms with van der Waals surface area (Å²) in [6.45, 7) is 7.68. The van der Waals surface area contributed by atoms with Crippen LogP contribution < -0.4 is 5.32 Å². The van der Waals surface area contributed by atoms with Crippen molar-refractivity contribution in [2.24, 2.45) is 5.92 Å². The molecule has 0 aliphatic rings. The first-order valence-electron chi connectivity index (χ1n) is 6.53. The molecular formula is C15H25NO2. The standard InChI is InChI=1S/C15H25NO2/c1-11(2)14(16-9-10-18-4)15(17)13-7-5-12(3)6-8-13/h5-8,11,14-17H,9-10H2,1-4H3. The van der Waals surface area contributed by atoms with E-state index in [0.29, 0.717) is 12.5 Å². The van der Waals surface area contributed by atoms with Crippen LogP contribution in [0.4, 0.5) is 0 Å². The average Bonchev–Trinajstić information content (AvgIpc) is 2.34. The molecule has 18 heavy (non-hydrogen) atoms. The second kappa shape index (κ2) is 7.52. The number of aliphatic hydroxyl groups is 1. The third-order valence-electron chi connectivity index (χ3n) is 3.16. The molecule has 3 nitrogen and oxygen atoms in total. The molecule has 1 aromatic rings. The van der Waals surface area contributed by atoms with E-state index in [0.717, 1.165) is 12.1 Å². The molecule has 0 saturated heterocycles. The van der Waals surface area contributed by atoms with Gasteiger partial charge < -0.3 is 15.2 Å². The van der Waals surface area contributed by atoms with Crippen LogP contribution in [0, 0.1) is 12.8 Å². The van der Waals surface area contributed by atoms with Gasteiger partial charge >= 0.3 is 0 Å². The Balaban J connectivity index is 2.69. The lowest BCUT2D eigenvalue weighted by molar-refractivity contribution is 0.0978. The molecule has 3 heteroatoms. The van der Waals surface area contributed by atoms with Crippen LogP contribution in [0.25, 0.3) is 0 Å². The summed E-state index contributed by atoms with van der Waals surface area (Å²) in [4.78, 5) is 0. The molecule has 102 valence electrons. The lowest BCUT2D eigenvalue weighted by Crippen LogP contribution is -2.40. The molecule has 0 fully saturated rings. The van der Waals surface area contributed by atoms with Gasteiger partial charge in [0.2, 0.25) is 0 Å². The number of ether oxygens (including phenoxy) is 1. The Morgan fingerprint density at radius 2 is 1.83 bits per heavy atom. The van der Waals surface area contributed by atoms with E-state index in [2.05, 4.69) is 19.2 Å². The van der Waals surface area contributed by atoms with Crippen LogP contribution in [0.5, 0.6) is 0 Å². The van der Waals surface area contributed by atoms with Crippen LogP contribution in [0.1, 0.15) is 31.1 Å². The van der Waals surface area contributed by atoms with Gasteiger partial charge in [0.25, 0.3) is 0 Å². The minimum absolute atomic E-state index is 0.0443. The highest BCUT2D eigenvalue weighted by atomic mass is 16.5. The van der Waals surface area contributed by atoms with E-state index in [1.165, 1.54) is 5.56 Å². The fourth-order valence-corrected chi connectivity index (χ4v) is 2.01. The quantitative estimate of drug-likeness (QED) is 0.731. The number of hydrogen-bond acceptors (Lipinski definition) is 3. The number of aliphatic hydroxyl groups excluding tert-OH is 1. The molecular weight excluding hydrogens is 226 g/mol. The van der Waals surface area contributed by atoms with E-state index in [1.54, 1.807) is 7.11 Å². The molecule has 0 amide bonds. The summed E-state index contributed by atoms with van der Waals surface area (Å²) in [6.07, 6.45) is -0.484. The molecule has 0 radical (unpaired) electrons. The van der Waals surface area contributed by atoms with E-state index in [9.17, 15) is 5.11 Å². The van der Waals surface area contributed by atoms with Crippen molar-refractivity contribution >= 4 is 0 Å². The number of methoxy groups -OCH3 is 1. The highest BCUT2D eigenvalue weighted by Crippen LogP contribution is 2.22. The van der Waals surface area contributed by atoms with Crippen LogP contribution in [-0.2, 0) is 4.74 Å². The maximum Gasteiger partial charge on any atom is 0.0945 e. The van der Waals surface area contributed by atoms with Crippen molar-refractivity contribution in [1.29, 1.82) is 0 Å². The van der Waals surface area contributed by atoms with Crippen LogP contribution in [-0.4, -0.2) is 31.4 Å². The lowest BCUT2D eigenvalue weighted by atomic mass is 9.93. The highest BCUT2D eigenvalue weighted by Gasteiger charge is 2.23. The molecule has 0 saturated carbocycles. The van der Waals surface area contributed by atoms with Crippen molar-refractivity contribution in [3.8, 4) is 0 Å². The first-order chi connectivity index (χ1) is 8.56. The van der Waals surface area contributed by atoms with E-state index in [4.69, 9.17) is 4.74 Å². The van der Waals surface area contributed by atoms with Gasteiger partial charge in [-0.05, 0) is 18.4 Å². The predicted octanol–water partition coefficient (Wildman–Crippen LogP) is 2.29. The second-order valence-electron chi connectivity index (χ2n) is 5.07. The van der Waals surface area contributed by atoms with Gasteiger partial charge in [0.1, 0.15) is 0 Å². The summed E-state index contributed by atoms with van der Waals surface area (Å²) >= 11 is 0. The number of aryl methyl sites for hydroxylation is 1. The number of benzene rings is 1. The summed E-state index contributed by atoms with van der Waals surface area (Å²) in [5.74, 6) is 0.359. The molecule has 2 N–H and O–H groups in total. The maximum atomic E-state index is 10.4. The van der Waals surface area contributed by atoms with Crippen LogP contribution in [0.15, 0.2) is 24.3 Å². The van der Waals surface area contributed by atoms with Gasteiger partial charge in [-0.3, -0.25) is 0 Å². The van der Waals surface area contributed by atoms with Crippen molar-refractivity contribution in [2.75, 3.05) is 20.3 Å². The Morgan fingerprint density at radius 1 is 1.22 bits per heavy atom. The highest BCUT2D eigenvalue weighted by molar-refractivity contribution is 5.24. The van der Waals surface area contributed by atoms with Crippen LogP contribution in [0.2, 0.25) is 0 Å². The Kier molecular flexibility index (Phi) is 6.33. The molecule has 2 unspecified atom stereocenters. The van der Waals surface area contributed by atoms with E-state index < -0.39 is 6.10 Å². The Morgan fingerprint density at radius 3 is 2.33 bits per heavy atom. The van der Waals surface area contributed by atoms with Crippen molar-refractivity contribution < 1.29 is 9.84 Å². The van der Waals surface area contributed by atoms with Crippen molar-refractivity contribution in [1.82, 2.24) is 5.32 Å². The third kappa shape index (κ3) is 4.41. The monoisotopic (exact) mass is 251 g/mol. The molecule has 0 aromatic heterocycles. The lowest BCUT2D eigenvalue weighted by Gasteiger charge is -2.28. The fourth-order valence-electron chi connectivity index (χ4n) is 2.01. The first kappa shape index (κ1) is 15.2. The fraction of sp³-hybridized carbons (Fsp3) is 0.600. The summed E-state index contributed by atoms with van der Waals surface area (Å²) in [5.41, 5.74) is 2.17. The van der Waals surface area contributed by atoms with Gasteiger partial charge in [-0.2, -0.15) is 0 Å². The summed E-state index contributed by atoms with van der Waals surface area (Å²) < 4.78 is 5.03. The Hall–Kier alpha value is -0.900. The number of hydrogen-bond donors (Lipinski definition) is 2. The van der Waals surface area contributed by atoms with Crippen LogP contribution in [0.3, 0.4) is 0 Å². The van der Waals surface area contributed by atoms with E-state index in [-0.39, 0.29) is 6.04 Å². The predicted molar refractivity (Wildman–Crippen MR) is 74.6 cm³/mol. The maximum absolute atomic E-state index is 10.4. The normalized spacial score (nSPS) is 14.8. The van der Waals surface area contributed by atoms with Gasteiger partial charge in [0.05, 0.1) is 12.7 Å². The molecule has 0 bridgehead atoms. The van der Waals surface area contributed by atoms with Gasteiger partial charge in [-0.15, -0.1) is 0 Å². The molecule has 0 spiro atoms.